The molecule has 0 unspecified atom stereocenters. The van der Waals surface area contributed by atoms with Crippen molar-refractivity contribution >= 4 is 0 Å². The summed E-state index contributed by atoms with van der Waals surface area (Å²) in [5.41, 5.74) is 1.22. The largest absolute Gasteiger partial charge is 0.338 e. The molecule has 20 heavy (non-hydrogen) atoms. The van der Waals surface area contributed by atoms with Gasteiger partial charge in [0, 0.05) is 39.4 Å². The Balaban J connectivity index is 1.71. The second-order valence-electron chi connectivity index (χ2n) is 5.36. The van der Waals surface area contributed by atoms with E-state index in [4.69, 9.17) is 4.52 Å². The molecule has 0 amide bonds. The third-order valence-electron chi connectivity index (χ3n) is 3.87. The minimum Gasteiger partial charge on any atom is -0.338 e. The van der Waals surface area contributed by atoms with Crippen LogP contribution in [0.5, 0.6) is 0 Å². The van der Waals surface area contributed by atoms with Gasteiger partial charge in [-0.3, -0.25) is 14.5 Å². The molecule has 7 heteroatoms. The number of nitrogens with zero attached hydrogens (tertiary/aromatic N) is 6. The lowest BCUT2D eigenvalue weighted by Gasteiger charge is -2.37. The predicted octanol–water partition coefficient (Wildman–Crippen LogP) is 0.600. The molecular weight excluding hydrogens is 256 g/mol. The number of hydrogen-bond acceptors (Lipinski definition) is 6. The smallest absolute Gasteiger partial charge is 0.245 e. The van der Waals surface area contributed by atoms with Crippen LogP contribution in [-0.2, 0) is 13.6 Å². The van der Waals surface area contributed by atoms with E-state index in [1.165, 1.54) is 5.69 Å². The van der Waals surface area contributed by atoms with Gasteiger partial charge in [0.1, 0.15) is 6.04 Å². The van der Waals surface area contributed by atoms with Crippen molar-refractivity contribution in [2.75, 3.05) is 26.7 Å². The molecule has 1 saturated heterocycles. The Morgan fingerprint density at radius 2 is 2.20 bits per heavy atom. The van der Waals surface area contributed by atoms with Crippen LogP contribution in [0.25, 0.3) is 0 Å². The fourth-order valence-corrected chi connectivity index (χ4v) is 2.57. The van der Waals surface area contributed by atoms with E-state index in [-0.39, 0.29) is 6.04 Å². The van der Waals surface area contributed by atoms with E-state index in [9.17, 15) is 0 Å². The number of likely N-dealkylation sites (N-methyl/N-ethyl adjacent to an activating group) is 1. The van der Waals surface area contributed by atoms with E-state index in [0.717, 1.165) is 26.2 Å². The first-order valence-electron chi connectivity index (χ1n) is 6.83. The quantitative estimate of drug-likeness (QED) is 0.818. The van der Waals surface area contributed by atoms with E-state index in [1.54, 1.807) is 0 Å². The van der Waals surface area contributed by atoms with Crippen LogP contribution in [0.15, 0.2) is 16.8 Å². The minimum absolute atomic E-state index is 0.165. The van der Waals surface area contributed by atoms with Gasteiger partial charge in [-0.05, 0) is 20.0 Å². The molecule has 0 radical (unpaired) electrons. The van der Waals surface area contributed by atoms with Crippen LogP contribution < -0.4 is 0 Å². The van der Waals surface area contributed by atoms with Gasteiger partial charge in [0.25, 0.3) is 0 Å². The van der Waals surface area contributed by atoms with Crippen molar-refractivity contribution in [1.82, 2.24) is 29.7 Å². The lowest BCUT2D eigenvalue weighted by Crippen LogP contribution is -2.46. The molecule has 1 aliphatic heterocycles. The number of piperazine rings is 1. The minimum atomic E-state index is 0.165. The first kappa shape index (κ1) is 13.3. The van der Waals surface area contributed by atoms with Crippen molar-refractivity contribution in [3.05, 3.63) is 29.7 Å². The topological polar surface area (TPSA) is 63.2 Å². The summed E-state index contributed by atoms with van der Waals surface area (Å²) >= 11 is 0. The molecule has 7 nitrogen and oxygen atoms in total. The fourth-order valence-electron chi connectivity index (χ4n) is 2.57. The highest BCUT2D eigenvalue weighted by atomic mass is 16.5. The highest BCUT2D eigenvalue weighted by Crippen LogP contribution is 2.23. The van der Waals surface area contributed by atoms with Crippen LogP contribution in [0.4, 0.5) is 0 Å². The first-order valence-corrected chi connectivity index (χ1v) is 6.83. The fraction of sp³-hybridized carbons (Fsp3) is 0.615. The monoisotopic (exact) mass is 276 g/mol. The highest BCUT2D eigenvalue weighted by Gasteiger charge is 2.30. The molecule has 2 aromatic heterocycles. The summed E-state index contributed by atoms with van der Waals surface area (Å²) in [7, 11) is 4.08. The molecule has 108 valence electrons. The maximum Gasteiger partial charge on any atom is 0.245 e. The van der Waals surface area contributed by atoms with Gasteiger partial charge in [-0.25, -0.2) is 0 Å². The molecule has 0 aliphatic carbocycles. The summed E-state index contributed by atoms with van der Waals surface area (Å²) in [6, 6.07) is 2.22. The molecule has 0 bridgehead atoms. The zero-order chi connectivity index (χ0) is 14.1. The van der Waals surface area contributed by atoms with Crippen molar-refractivity contribution in [3.8, 4) is 0 Å². The molecule has 2 aromatic rings. The van der Waals surface area contributed by atoms with Crippen LogP contribution >= 0.6 is 0 Å². The zero-order valence-electron chi connectivity index (χ0n) is 12.2. The maximum absolute atomic E-state index is 5.33. The number of aromatic nitrogens is 4. The molecule has 0 N–H and O–H groups in total. The molecule has 0 saturated carbocycles. The summed E-state index contributed by atoms with van der Waals surface area (Å²) in [5.74, 6) is 1.40. The van der Waals surface area contributed by atoms with Gasteiger partial charge in [-0.1, -0.05) is 5.16 Å². The Bertz CT molecular complexity index is 577. The zero-order valence-corrected chi connectivity index (χ0v) is 12.2. The Kier molecular flexibility index (Phi) is 3.54. The summed E-state index contributed by atoms with van der Waals surface area (Å²) in [4.78, 5) is 9.04. The first-order chi connectivity index (χ1) is 9.63. The number of aryl methyl sites for hydroxylation is 2. The molecule has 0 spiro atoms. The maximum atomic E-state index is 5.33. The second kappa shape index (κ2) is 5.34. The molecule has 1 aliphatic rings. The Hall–Kier alpha value is -1.73. The molecule has 3 heterocycles. The molecule has 1 atom stereocenters. The van der Waals surface area contributed by atoms with Crippen LogP contribution in [-0.4, -0.2) is 56.4 Å². The average Bonchev–Trinajstić information content (AvgIpc) is 3.02. The van der Waals surface area contributed by atoms with Gasteiger partial charge in [0.2, 0.25) is 5.89 Å². The Morgan fingerprint density at radius 3 is 2.85 bits per heavy atom. The highest BCUT2D eigenvalue weighted by molar-refractivity contribution is 5.02. The second-order valence-corrected chi connectivity index (χ2v) is 5.36. The van der Waals surface area contributed by atoms with E-state index in [0.29, 0.717) is 11.7 Å². The molecule has 0 aromatic carbocycles. The predicted molar refractivity (Wildman–Crippen MR) is 72.9 cm³/mol. The summed E-state index contributed by atoms with van der Waals surface area (Å²) in [5, 5.41) is 8.11. The van der Waals surface area contributed by atoms with Crippen molar-refractivity contribution in [1.29, 1.82) is 0 Å². The SMILES string of the molecule is Cc1noc([C@H]2CN(Cc3ccnn3C)CCN2C)n1. The Labute approximate surface area is 118 Å². The normalized spacial score (nSPS) is 21.4. The third-order valence-corrected chi connectivity index (χ3v) is 3.87. The number of rotatable bonds is 3. The van der Waals surface area contributed by atoms with Crippen molar-refractivity contribution in [2.45, 2.75) is 19.5 Å². The van der Waals surface area contributed by atoms with Gasteiger partial charge in [0.15, 0.2) is 5.82 Å². The lowest BCUT2D eigenvalue weighted by molar-refractivity contribution is 0.0700. The Morgan fingerprint density at radius 1 is 1.35 bits per heavy atom. The lowest BCUT2D eigenvalue weighted by atomic mass is 10.1. The van der Waals surface area contributed by atoms with Crippen LogP contribution in [0.1, 0.15) is 23.5 Å². The van der Waals surface area contributed by atoms with Gasteiger partial charge >= 0.3 is 0 Å². The van der Waals surface area contributed by atoms with Crippen molar-refractivity contribution < 1.29 is 4.52 Å². The van der Waals surface area contributed by atoms with Crippen molar-refractivity contribution in [2.24, 2.45) is 7.05 Å². The van der Waals surface area contributed by atoms with Crippen LogP contribution in [0.2, 0.25) is 0 Å². The summed E-state index contributed by atoms with van der Waals surface area (Å²) in [6.07, 6.45) is 1.84. The van der Waals surface area contributed by atoms with Crippen molar-refractivity contribution in [3.63, 3.8) is 0 Å². The molecule has 3 rings (SSSR count). The van der Waals surface area contributed by atoms with E-state index < -0.39 is 0 Å². The molecule has 1 fully saturated rings. The van der Waals surface area contributed by atoms with Gasteiger partial charge < -0.3 is 4.52 Å². The summed E-state index contributed by atoms with van der Waals surface area (Å²) in [6.45, 7) is 5.66. The van der Waals surface area contributed by atoms with Gasteiger partial charge in [0.05, 0.1) is 5.69 Å². The molecular formula is C13H20N6O. The van der Waals surface area contributed by atoms with Crippen LogP contribution in [0, 0.1) is 6.92 Å². The van der Waals surface area contributed by atoms with E-state index in [2.05, 4.69) is 38.2 Å². The average molecular weight is 276 g/mol. The number of hydrogen-bond donors (Lipinski definition) is 0. The van der Waals surface area contributed by atoms with Crippen LogP contribution in [0.3, 0.4) is 0 Å². The summed E-state index contributed by atoms with van der Waals surface area (Å²) < 4.78 is 7.26. The standard InChI is InChI=1S/C13H20N6O/c1-10-15-13(20-16-10)12-9-19(7-6-17(12)2)8-11-4-5-14-18(11)3/h4-5,12H,6-9H2,1-3H3/t12-/m1/s1. The van der Waals surface area contributed by atoms with Gasteiger partial charge in [-0.15, -0.1) is 0 Å². The third kappa shape index (κ3) is 2.59. The van der Waals surface area contributed by atoms with E-state index in [1.807, 2.05) is 24.9 Å². The van der Waals surface area contributed by atoms with Gasteiger partial charge in [-0.2, -0.15) is 10.1 Å². The van der Waals surface area contributed by atoms with E-state index >= 15 is 0 Å².